The number of rotatable bonds is 6. The molecule has 3 heterocycles. The minimum absolute atomic E-state index is 0. The molecule has 0 spiro atoms. The summed E-state index contributed by atoms with van der Waals surface area (Å²) in [5.41, 5.74) is 10.7. The Hall–Kier alpha value is -4.86. The molecule has 3 aromatic heterocycles. The van der Waals surface area contributed by atoms with Gasteiger partial charge in [0.25, 0.3) is 0 Å². The van der Waals surface area contributed by atoms with Crippen molar-refractivity contribution in [3.8, 4) is 39.7 Å². The first-order valence-corrected chi connectivity index (χ1v) is 27.1. The van der Waals surface area contributed by atoms with Gasteiger partial charge in [-0.3, -0.25) is 0 Å². The van der Waals surface area contributed by atoms with Crippen molar-refractivity contribution in [2.45, 2.75) is 69.1 Å². The summed E-state index contributed by atoms with van der Waals surface area (Å²) >= 11 is -1.84. The van der Waals surface area contributed by atoms with Gasteiger partial charge in [0.2, 0.25) is 0 Å². The van der Waals surface area contributed by atoms with Crippen molar-refractivity contribution >= 4 is 50.4 Å². The Morgan fingerprint density at radius 3 is 2.26 bits per heavy atom. The maximum Gasteiger partial charge on any atom is 0 e. The maximum absolute atomic E-state index is 9.85. The molecule has 1 aliphatic carbocycles. The molecule has 287 valence electrons. The van der Waals surface area contributed by atoms with Crippen molar-refractivity contribution in [2.75, 3.05) is 0 Å². The number of pyridine rings is 2. The summed E-state index contributed by atoms with van der Waals surface area (Å²) in [6.07, 6.45) is 9.20. The Morgan fingerprint density at radius 1 is 0.789 bits per heavy atom. The summed E-state index contributed by atoms with van der Waals surface area (Å²) in [6, 6.07) is 46.3. The second-order valence-electron chi connectivity index (χ2n) is 16.8. The van der Waals surface area contributed by atoms with Crippen LogP contribution >= 0.6 is 0 Å². The van der Waals surface area contributed by atoms with Crippen LogP contribution in [0.15, 0.2) is 126 Å². The monoisotopic (exact) mass is 984 g/mol. The molecule has 9 rings (SSSR count). The first kappa shape index (κ1) is 40.3. The summed E-state index contributed by atoms with van der Waals surface area (Å²) < 4.78 is 7.93. The Balaban J connectivity index is 0.000000193. The van der Waals surface area contributed by atoms with Gasteiger partial charge < -0.3 is 9.40 Å². The largest absolute Gasteiger partial charge is 0 e. The van der Waals surface area contributed by atoms with E-state index in [1.165, 1.54) is 52.0 Å². The molecule has 0 amide bonds. The van der Waals surface area contributed by atoms with Crippen LogP contribution in [0.2, 0.25) is 17.3 Å². The van der Waals surface area contributed by atoms with Crippen molar-refractivity contribution in [1.29, 1.82) is 5.26 Å². The second-order valence-corrected chi connectivity index (χ2v) is 27.4. The average molecular weight is 983 g/mol. The first-order valence-electron chi connectivity index (χ1n) is 19.7. The third-order valence-corrected chi connectivity index (χ3v) is 16.3. The molecule has 1 aliphatic rings. The fourth-order valence-corrected chi connectivity index (χ4v) is 12.2. The van der Waals surface area contributed by atoms with Crippen LogP contribution in [0, 0.1) is 36.3 Å². The van der Waals surface area contributed by atoms with Gasteiger partial charge in [-0.2, -0.15) is 0 Å². The number of aryl methyl sites for hydroxylation is 1. The van der Waals surface area contributed by atoms with Crippen LogP contribution in [0.25, 0.3) is 66.4 Å². The van der Waals surface area contributed by atoms with E-state index in [1.807, 2.05) is 30.5 Å². The van der Waals surface area contributed by atoms with Gasteiger partial charge in [0.05, 0.1) is 5.58 Å². The maximum atomic E-state index is 9.85. The van der Waals surface area contributed by atoms with E-state index in [0.717, 1.165) is 50.0 Å². The number of benzene rings is 5. The molecular weight excluding hydrogens is 935 g/mol. The fourth-order valence-electron chi connectivity index (χ4n) is 8.61. The second kappa shape index (κ2) is 16.6. The van der Waals surface area contributed by atoms with E-state index in [2.05, 4.69) is 141 Å². The van der Waals surface area contributed by atoms with Crippen LogP contribution in [0.4, 0.5) is 0 Å². The van der Waals surface area contributed by atoms with Gasteiger partial charge in [0, 0.05) is 37.8 Å². The molecule has 8 aromatic rings. The SMILES string of the molecule is CC(C)(c1ccnc(-c2[c-]cc(C#N)c3c2oc2cc(-c4ccccc4)ccc23)c1)C1CCCC1.Cc1cc(-c2[c-]ccc3ccccc23)nc[c]1[Ge]([CH3])([CH3])[CH3].[Ir]. The smallest absolute Gasteiger partial charge is 0 e. The molecule has 6 heteroatoms. The molecule has 57 heavy (non-hydrogen) atoms. The van der Waals surface area contributed by atoms with Gasteiger partial charge in [-0.1, -0.05) is 80.8 Å². The van der Waals surface area contributed by atoms with Crippen LogP contribution in [0.5, 0.6) is 0 Å². The predicted octanol–water partition coefficient (Wildman–Crippen LogP) is 13.0. The minimum atomic E-state index is -1.84. The van der Waals surface area contributed by atoms with E-state index in [9.17, 15) is 5.26 Å². The van der Waals surface area contributed by atoms with Gasteiger partial charge in [-0.05, 0) is 69.6 Å². The summed E-state index contributed by atoms with van der Waals surface area (Å²) in [7, 11) is 0. The van der Waals surface area contributed by atoms with Crippen molar-refractivity contribution in [1.82, 2.24) is 9.97 Å². The first-order chi connectivity index (χ1) is 27.0. The quantitative estimate of drug-likeness (QED) is 0.123. The number of nitriles is 1. The Labute approximate surface area is 353 Å². The molecule has 4 nitrogen and oxygen atoms in total. The Kier molecular flexibility index (Phi) is 11.7. The number of aromatic nitrogens is 2. The minimum Gasteiger partial charge on any atom is 0 e. The zero-order chi connectivity index (χ0) is 39.0. The molecule has 0 atom stereocenters. The predicted molar refractivity (Wildman–Crippen MR) is 235 cm³/mol. The molecule has 1 fully saturated rings. The molecule has 5 aromatic carbocycles. The summed E-state index contributed by atoms with van der Waals surface area (Å²) in [5, 5.41) is 14.1. The zero-order valence-electron chi connectivity index (χ0n) is 33.5. The number of hydrogen-bond donors (Lipinski definition) is 0. The van der Waals surface area contributed by atoms with Crippen LogP contribution in [-0.2, 0) is 25.5 Å². The van der Waals surface area contributed by atoms with Gasteiger partial charge in [0.15, 0.2) is 0 Å². The molecule has 0 N–H and O–H groups in total. The van der Waals surface area contributed by atoms with E-state index < -0.39 is 13.3 Å². The van der Waals surface area contributed by atoms with Crippen molar-refractivity contribution in [3.63, 3.8) is 0 Å². The van der Waals surface area contributed by atoms with E-state index in [0.29, 0.717) is 17.1 Å². The van der Waals surface area contributed by atoms with Gasteiger partial charge in [-0.15, -0.1) is 12.1 Å². The summed E-state index contributed by atoms with van der Waals surface area (Å²) in [5.74, 6) is 7.92. The van der Waals surface area contributed by atoms with Gasteiger partial charge >= 0.3 is 129 Å². The van der Waals surface area contributed by atoms with Crippen LogP contribution in [-0.4, -0.2) is 23.2 Å². The van der Waals surface area contributed by atoms with Crippen molar-refractivity contribution in [2.24, 2.45) is 5.92 Å². The molecule has 0 bridgehead atoms. The number of nitrogens with zero attached hydrogens (tertiary/aromatic N) is 3. The van der Waals surface area contributed by atoms with Gasteiger partial charge in [-0.25, -0.2) is 5.26 Å². The topological polar surface area (TPSA) is 62.7 Å². The van der Waals surface area contributed by atoms with E-state index in [-0.39, 0.29) is 25.5 Å². The molecule has 0 aliphatic heterocycles. The van der Waals surface area contributed by atoms with Crippen molar-refractivity contribution < 1.29 is 24.5 Å². The zero-order valence-corrected chi connectivity index (χ0v) is 38.0. The number of fused-ring (bicyclic) bond motifs is 4. The van der Waals surface area contributed by atoms with Gasteiger partial charge in [0.1, 0.15) is 5.58 Å². The number of hydrogen-bond acceptors (Lipinski definition) is 4. The molecular formula is C51H47GeIrN3O-2. The van der Waals surface area contributed by atoms with E-state index in [1.54, 1.807) is 6.07 Å². The third kappa shape index (κ3) is 8.01. The fraction of sp³-hybridized carbons (Fsp3) is 0.235. The van der Waals surface area contributed by atoms with Crippen LogP contribution < -0.4 is 4.40 Å². The summed E-state index contributed by atoms with van der Waals surface area (Å²) in [4.78, 5) is 9.46. The molecule has 1 saturated carbocycles. The summed E-state index contributed by atoms with van der Waals surface area (Å²) in [6.45, 7) is 6.92. The van der Waals surface area contributed by atoms with Crippen molar-refractivity contribution in [3.05, 3.63) is 150 Å². The molecule has 1 radical (unpaired) electrons. The molecule has 0 unspecified atom stereocenters. The normalized spacial score (nSPS) is 13.3. The van der Waals surface area contributed by atoms with Crippen LogP contribution in [0.1, 0.15) is 56.2 Å². The Bertz CT molecular complexity index is 2750. The van der Waals surface area contributed by atoms with E-state index >= 15 is 0 Å². The number of furan rings is 1. The third-order valence-electron chi connectivity index (χ3n) is 11.8. The molecule has 0 saturated heterocycles. The van der Waals surface area contributed by atoms with E-state index in [4.69, 9.17) is 14.4 Å². The van der Waals surface area contributed by atoms with Crippen LogP contribution in [0.3, 0.4) is 0 Å². The Morgan fingerprint density at radius 2 is 1.53 bits per heavy atom. The average Bonchev–Trinajstić information content (AvgIpc) is 3.90. The standard InChI is InChI=1S/C32H27N2O.C19H20GeN.Ir/c1-32(2,24-10-6-7-11-24)25-16-17-34-28(19-25)26-14-13-23(20-33)30-27-15-12-22(18-29(27)35-31(26)30)21-8-4-3-5-9-21;1-14-12-19(21-13-18(14)20(2,3)4)17-11-7-9-15-8-5-6-10-16(15)17;/h3-5,8-9,12-13,15-19,24H,6-7,10-11H2,1-2H3;5-10,12-13H,1-4H3;/q2*-1;.